The van der Waals surface area contributed by atoms with Gasteiger partial charge in [-0.05, 0) is 0 Å². The van der Waals surface area contributed by atoms with Crippen LogP contribution in [0.5, 0.6) is 0 Å². The number of hydrogen-bond acceptors (Lipinski definition) is 8. The summed E-state index contributed by atoms with van der Waals surface area (Å²) in [7, 11) is 0. The second kappa shape index (κ2) is 6.19. The summed E-state index contributed by atoms with van der Waals surface area (Å²) in [6, 6.07) is 0. The molecule has 1 aliphatic heterocycles. The van der Waals surface area contributed by atoms with Gasteiger partial charge in [0, 0.05) is 19.4 Å². The van der Waals surface area contributed by atoms with Crippen molar-refractivity contribution in [3.63, 3.8) is 0 Å². The molecule has 1 saturated heterocycles. The van der Waals surface area contributed by atoms with Crippen molar-refractivity contribution in [3.8, 4) is 0 Å². The third-order valence-corrected chi connectivity index (χ3v) is 4.01. The topological polar surface area (TPSA) is 168 Å². The van der Waals surface area contributed by atoms with E-state index < -0.39 is 29.9 Å². The van der Waals surface area contributed by atoms with Gasteiger partial charge < -0.3 is 26.0 Å². The zero-order valence-electron chi connectivity index (χ0n) is 12.8. The average Bonchev–Trinajstić information content (AvgIpc) is 3.06. The van der Waals surface area contributed by atoms with E-state index in [1.807, 2.05) is 0 Å². The van der Waals surface area contributed by atoms with E-state index in [0.29, 0.717) is 0 Å². The standard InChI is InChI=1S/C13H18N6O5/c1-5(21)15-2-6-7(3-20)24-12(9(6)22)19-4-16-8-10(19)17-13(14)18-11(8)23/h4,6-7,9,12,20,22H,2-3H2,1H3,(H,15,21)(H3,14,17,18,23)/t6-,7-,9-,12-/m1/s1. The third kappa shape index (κ3) is 2.72. The Morgan fingerprint density at radius 1 is 1.58 bits per heavy atom. The summed E-state index contributed by atoms with van der Waals surface area (Å²) in [6.45, 7) is 1.16. The highest BCUT2D eigenvalue weighted by molar-refractivity contribution is 5.72. The number of carbonyl (C=O) groups is 1. The Balaban J connectivity index is 1.95. The fraction of sp³-hybridized carbons (Fsp3) is 0.538. The van der Waals surface area contributed by atoms with Crippen molar-refractivity contribution in [2.24, 2.45) is 5.92 Å². The lowest BCUT2D eigenvalue weighted by Gasteiger charge is -2.19. The first-order valence-electron chi connectivity index (χ1n) is 7.33. The zero-order chi connectivity index (χ0) is 17.4. The van der Waals surface area contributed by atoms with E-state index in [1.165, 1.54) is 17.8 Å². The van der Waals surface area contributed by atoms with E-state index in [4.69, 9.17) is 10.5 Å². The molecule has 24 heavy (non-hydrogen) atoms. The van der Waals surface area contributed by atoms with Gasteiger partial charge in [-0.15, -0.1) is 0 Å². The summed E-state index contributed by atoms with van der Waals surface area (Å²) in [5.41, 5.74) is 5.27. The van der Waals surface area contributed by atoms with E-state index >= 15 is 0 Å². The molecule has 6 N–H and O–H groups in total. The molecule has 2 aromatic heterocycles. The minimum absolute atomic E-state index is 0.0610. The van der Waals surface area contributed by atoms with E-state index in [1.54, 1.807) is 0 Å². The summed E-state index contributed by atoms with van der Waals surface area (Å²) in [5.74, 6) is -0.868. The van der Waals surface area contributed by atoms with Crippen molar-refractivity contribution in [2.75, 3.05) is 18.9 Å². The second-order valence-electron chi connectivity index (χ2n) is 5.61. The Kier molecular flexibility index (Phi) is 4.22. The molecule has 1 aliphatic rings. The predicted octanol–water partition coefficient (Wildman–Crippen LogP) is -2.30. The first-order chi connectivity index (χ1) is 11.4. The molecule has 0 radical (unpaired) electrons. The molecule has 0 aliphatic carbocycles. The maximum atomic E-state index is 11.8. The number of H-pyrrole nitrogens is 1. The maximum Gasteiger partial charge on any atom is 0.280 e. The Morgan fingerprint density at radius 3 is 3.00 bits per heavy atom. The van der Waals surface area contributed by atoms with Crippen LogP contribution in [-0.4, -0.2) is 61.0 Å². The average molecular weight is 338 g/mol. The molecule has 0 aromatic carbocycles. The summed E-state index contributed by atoms with van der Waals surface area (Å²) in [6.07, 6.45) is -1.34. The number of anilines is 1. The first kappa shape index (κ1) is 16.4. The van der Waals surface area contributed by atoms with Gasteiger partial charge in [-0.3, -0.25) is 19.1 Å². The van der Waals surface area contributed by atoms with Crippen molar-refractivity contribution in [1.29, 1.82) is 0 Å². The largest absolute Gasteiger partial charge is 0.394 e. The van der Waals surface area contributed by atoms with Crippen molar-refractivity contribution >= 4 is 23.0 Å². The molecule has 3 rings (SSSR count). The Bertz CT molecular complexity index is 817. The molecule has 3 heterocycles. The second-order valence-corrected chi connectivity index (χ2v) is 5.61. The highest BCUT2D eigenvalue weighted by atomic mass is 16.5. The number of nitrogen functional groups attached to an aromatic ring is 1. The summed E-state index contributed by atoms with van der Waals surface area (Å²) in [4.78, 5) is 33.2. The summed E-state index contributed by atoms with van der Waals surface area (Å²) < 4.78 is 7.07. The summed E-state index contributed by atoms with van der Waals surface area (Å²) in [5, 5.41) is 22.6. The molecule has 2 aromatic rings. The molecule has 11 nitrogen and oxygen atoms in total. The fourth-order valence-corrected chi connectivity index (χ4v) is 2.84. The Labute approximate surface area is 135 Å². The normalized spacial score (nSPS) is 26.8. The number of imidazole rings is 1. The van der Waals surface area contributed by atoms with E-state index in [9.17, 15) is 19.8 Å². The van der Waals surface area contributed by atoms with Gasteiger partial charge in [0.2, 0.25) is 11.9 Å². The number of aliphatic hydroxyl groups excluding tert-OH is 2. The molecule has 0 spiro atoms. The van der Waals surface area contributed by atoms with Gasteiger partial charge in [-0.1, -0.05) is 0 Å². The molecule has 0 unspecified atom stereocenters. The van der Waals surface area contributed by atoms with Crippen LogP contribution in [0, 0.1) is 5.92 Å². The molecule has 4 atom stereocenters. The van der Waals surface area contributed by atoms with Crippen LogP contribution in [0.15, 0.2) is 11.1 Å². The predicted molar refractivity (Wildman–Crippen MR) is 81.7 cm³/mol. The quantitative estimate of drug-likeness (QED) is 0.415. The lowest BCUT2D eigenvalue weighted by Crippen LogP contribution is -2.38. The smallest absolute Gasteiger partial charge is 0.280 e. The first-order valence-corrected chi connectivity index (χ1v) is 7.33. The SMILES string of the molecule is CC(=O)NC[C@H]1[C@@H](O)[C@H](n2cnc3c(=O)[nH]c(N)nc32)O[C@@H]1CO. The molecular formula is C13H18N6O5. The molecule has 11 heteroatoms. The van der Waals surface area contributed by atoms with Crippen LogP contribution in [0.2, 0.25) is 0 Å². The van der Waals surface area contributed by atoms with Gasteiger partial charge in [-0.25, -0.2) is 4.98 Å². The van der Waals surface area contributed by atoms with Gasteiger partial charge in [0.15, 0.2) is 17.4 Å². The number of nitrogens with zero attached hydrogens (tertiary/aromatic N) is 3. The van der Waals surface area contributed by atoms with Gasteiger partial charge >= 0.3 is 0 Å². The van der Waals surface area contributed by atoms with Gasteiger partial charge in [0.05, 0.1) is 19.0 Å². The number of nitrogens with one attached hydrogen (secondary N) is 2. The van der Waals surface area contributed by atoms with Crippen LogP contribution in [0.1, 0.15) is 13.2 Å². The van der Waals surface area contributed by atoms with Crippen molar-refractivity contribution in [2.45, 2.75) is 25.4 Å². The number of aromatic nitrogens is 4. The number of amides is 1. The summed E-state index contributed by atoms with van der Waals surface area (Å²) >= 11 is 0. The van der Waals surface area contributed by atoms with Crippen LogP contribution in [0.25, 0.3) is 11.2 Å². The van der Waals surface area contributed by atoms with Crippen LogP contribution < -0.4 is 16.6 Å². The van der Waals surface area contributed by atoms with E-state index in [2.05, 4.69) is 20.3 Å². The van der Waals surface area contributed by atoms with Gasteiger partial charge in [0.25, 0.3) is 5.56 Å². The third-order valence-electron chi connectivity index (χ3n) is 4.01. The monoisotopic (exact) mass is 338 g/mol. The number of fused-ring (bicyclic) bond motifs is 1. The molecule has 0 bridgehead atoms. The maximum absolute atomic E-state index is 11.8. The Hall–Kier alpha value is -2.50. The number of hydrogen-bond donors (Lipinski definition) is 5. The van der Waals surface area contributed by atoms with E-state index in [-0.39, 0.29) is 36.2 Å². The van der Waals surface area contributed by atoms with E-state index in [0.717, 1.165) is 0 Å². The number of carbonyl (C=O) groups excluding carboxylic acids is 1. The Morgan fingerprint density at radius 2 is 2.33 bits per heavy atom. The van der Waals surface area contributed by atoms with Crippen LogP contribution in [0.3, 0.4) is 0 Å². The molecule has 130 valence electrons. The molecule has 1 amide bonds. The lowest BCUT2D eigenvalue weighted by molar-refractivity contribution is -0.119. The number of rotatable bonds is 4. The highest BCUT2D eigenvalue weighted by Crippen LogP contribution is 2.34. The van der Waals surface area contributed by atoms with Crippen molar-refractivity contribution in [1.82, 2.24) is 24.8 Å². The van der Waals surface area contributed by atoms with Crippen molar-refractivity contribution < 1.29 is 19.7 Å². The molecule has 0 saturated carbocycles. The fourth-order valence-electron chi connectivity index (χ4n) is 2.84. The number of aromatic amines is 1. The molecule has 1 fully saturated rings. The number of nitrogens with two attached hydrogens (primary N) is 1. The van der Waals surface area contributed by atoms with Gasteiger partial charge in [0.1, 0.15) is 6.10 Å². The zero-order valence-corrected chi connectivity index (χ0v) is 12.8. The number of ether oxygens (including phenoxy) is 1. The van der Waals surface area contributed by atoms with Crippen LogP contribution >= 0.6 is 0 Å². The molecular weight excluding hydrogens is 320 g/mol. The highest BCUT2D eigenvalue weighted by Gasteiger charge is 2.44. The minimum Gasteiger partial charge on any atom is -0.394 e. The van der Waals surface area contributed by atoms with Crippen molar-refractivity contribution in [3.05, 3.63) is 16.7 Å². The van der Waals surface area contributed by atoms with Crippen LogP contribution in [0.4, 0.5) is 5.95 Å². The lowest BCUT2D eigenvalue weighted by atomic mass is 9.98. The van der Waals surface area contributed by atoms with Gasteiger partial charge in [-0.2, -0.15) is 4.98 Å². The number of aliphatic hydroxyl groups is 2. The minimum atomic E-state index is -1.05. The van der Waals surface area contributed by atoms with Crippen LogP contribution in [-0.2, 0) is 9.53 Å².